The van der Waals surface area contributed by atoms with E-state index in [-0.39, 0.29) is 11.7 Å². The van der Waals surface area contributed by atoms with E-state index in [0.717, 1.165) is 5.56 Å². The minimum atomic E-state index is -2.95. The van der Waals surface area contributed by atoms with Crippen molar-refractivity contribution in [3.63, 3.8) is 0 Å². The van der Waals surface area contributed by atoms with Crippen LogP contribution in [-0.2, 0) is 16.4 Å². The maximum Gasteiger partial charge on any atom is 0.257 e. The van der Waals surface area contributed by atoms with E-state index < -0.39 is 9.84 Å². The Morgan fingerprint density at radius 3 is 2.46 bits per heavy atom. The van der Waals surface area contributed by atoms with E-state index in [0.29, 0.717) is 44.8 Å². The fraction of sp³-hybridized carbons (Fsp3) is 0.444. The molecule has 1 saturated heterocycles. The summed E-state index contributed by atoms with van der Waals surface area (Å²) in [6.07, 6.45) is 4.65. The number of rotatable bonds is 6. The SMILES string of the molecule is CS(=O)(=O)CCN1CCN(C(=O)c2cnn(Cc3ccccc3)c2)CC1. The van der Waals surface area contributed by atoms with Crippen LogP contribution in [-0.4, -0.2) is 78.6 Å². The van der Waals surface area contributed by atoms with Gasteiger partial charge in [-0.2, -0.15) is 5.10 Å². The highest BCUT2D eigenvalue weighted by atomic mass is 32.2. The van der Waals surface area contributed by atoms with Crippen molar-refractivity contribution in [2.24, 2.45) is 0 Å². The van der Waals surface area contributed by atoms with Gasteiger partial charge < -0.3 is 4.90 Å². The Bertz CT molecular complexity index is 840. The first-order valence-corrected chi connectivity index (χ1v) is 10.7. The molecule has 1 amide bonds. The highest BCUT2D eigenvalue weighted by molar-refractivity contribution is 7.90. The molecule has 2 aromatic rings. The van der Waals surface area contributed by atoms with E-state index in [1.54, 1.807) is 22.0 Å². The lowest BCUT2D eigenvalue weighted by molar-refractivity contribution is 0.0644. The van der Waals surface area contributed by atoms with Gasteiger partial charge in [-0.15, -0.1) is 0 Å². The van der Waals surface area contributed by atoms with Crippen molar-refractivity contribution in [1.82, 2.24) is 19.6 Å². The number of nitrogens with zero attached hydrogens (tertiary/aromatic N) is 4. The highest BCUT2D eigenvalue weighted by Crippen LogP contribution is 2.10. The number of carbonyl (C=O) groups excluding carboxylic acids is 1. The normalized spacial score (nSPS) is 16.0. The summed E-state index contributed by atoms with van der Waals surface area (Å²) in [5.74, 6) is 0.139. The Hall–Kier alpha value is -2.19. The molecule has 8 heteroatoms. The highest BCUT2D eigenvalue weighted by Gasteiger charge is 2.23. The molecule has 3 rings (SSSR count). The first kappa shape index (κ1) is 18.6. The molecule has 0 radical (unpaired) electrons. The van der Waals surface area contributed by atoms with E-state index in [9.17, 15) is 13.2 Å². The Morgan fingerprint density at radius 2 is 1.81 bits per heavy atom. The first-order chi connectivity index (χ1) is 12.4. The van der Waals surface area contributed by atoms with E-state index in [2.05, 4.69) is 10.00 Å². The summed E-state index contributed by atoms with van der Waals surface area (Å²) >= 11 is 0. The summed E-state index contributed by atoms with van der Waals surface area (Å²) in [6, 6.07) is 9.98. The number of benzene rings is 1. The predicted octanol–water partition coefficient (Wildman–Crippen LogP) is 0.734. The summed E-state index contributed by atoms with van der Waals surface area (Å²) in [7, 11) is -2.95. The van der Waals surface area contributed by atoms with Crippen molar-refractivity contribution in [3.05, 3.63) is 53.9 Å². The molecule has 26 heavy (non-hydrogen) atoms. The number of hydrogen-bond acceptors (Lipinski definition) is 5. The van der Waals surface area contributed by atoms with Crippen LogP contribution in [0.5, 0.6) is 0 Å². The van der Waals surface area contributed by atoms with Crippen molar-refractivity contribution in [3.8, 4) is 0 Å². The van der Waals surface area contributed by atoms with Crippen molar-refractivity contribution < 1.29 is 13.2 Å². The molecule has 1 aliphatic rings. The number of aromatic nitrogens is 2. The first-order valence-electron chi connectivity index (χ1n) is 8.66. The maximum atomic E-state index is 12.6. The van der Waals surface area contributed by atoms with Gasteiger partial charge in [0.05, 0.1) is 24.1 Å². The van der Waals surface area contributed by atoms with Crippen LogP contribution < -0.4 is 0 Å². The van der Waals surface area contributed by atoms with Crippen LogP contribution in [0.3, 0.4) is 0 Å². The van der Waals surface area contributed by atoms with Gasteiger partial charge in [0.25, 0.3) is 5.91 Å². The van der Waals surface area contributed by atoms with E-state index >= 15 is 0 Å². The fourth-order valence-corrected chi connectivity index (χ4v) is 3.57. The van der Waals surface area contributed by atoms with Gasteiger partial charge >= 0.3 is 0 Å². The van der Waals surface area contributed by atoms with Gasteiger partial charge in [0, 0.05) is 45.2 Å². The third-order valence-electron chi connectivity index (χ3n) is 4.51. The van der Waals surface area contributed by atoms with Crippen LogP contribution in [0.2, 0.25) is 0 Å². The lowest BCUT2D eigenvalue weighted by atomic mass is 10.2. The zero-order valence-corrected chi connectivity index (χ0v) is 15.7. The minimum absolute atomic E-state index is 0.0212. The van der Waals surface area contributed by atoms with Crippen LogP contribution >= 0.6 is 0 Å². The topological polar surface area (TPSA) is 75.5 Å². The molecule has 2 heterocycles. The molecule has 0 atom stereocenters. The zero-order valence-electron chi connectivity index (χ0n) is 14.9. The maximum absolute atomic E-state index is 12.6. The Balaban J connectivity index is 1.52. The number of sulfone groups is 1. The van der Waals surface area contributed by atoms with Crippen LogP contribution in [0, 0.1) is 0 Å². The second-order valence-electron chi connectivity index (χ2n) is 6.68. The molecule has 0 saturated carbocycles. The van der Waals surface area contributed by atoms with Crippen molar-refractivity contribution in [2.45, 2.75) is 6.54 Å². The van der Waals surface area contributed by atoms with E-state index in [4.69, 9.17) is 0 Å². The molecule has 0 N–H and O–H groups in total. The molecule has 140 valence electrons. The molecule has 0 unspecified atom stereocenters. The molecule has 1 aliphatic heterocycles. The Morgan fingerprint density at radius 1 is 1.12 bits per heavy atom. The monoisotopic (exact) mass is 376 g/mol. The summed E-state index contributed by atoms with van der Waals surface area (Å²) in [4.78, 5) is 16.5. The van der Waals surface area contributed by atoms with Crippen LogP contribution in [0.1, 0.15) is 15.9 Å². The zero-order chi connectivity index (χ0) is 18.6. The van der Waals surface area contributed by atoms with Crippen molar-refractivity contribution in [1.29, 1.82) is 0 Å². The lowest BCUT2D eigenvalue weighted by Crippen LogP contribution is -2.49. The van der Waals surface area contributed by atoms with Crippen molar-refractivity contribution >= 4 is 15.7 Å². The van der Waals surface area contributed by atoms with Gasteiger partial charge in [-0.05, 0) is 5.56 Å². The summed E-state index contributed by atoms with van der Waals surface area (Å²) in [5, 5.41) is 4.29. The quantitative estimate of drug-likeness (QED) is 0.743. The lowest BCUT2D eigenvalue weighted by Gasteiger charge is -2.34. The number of amides is 1. The number of piperazine rings is 1. The Kier molecular flexibility index (Phi) is 5.73. The third kappa shape index (κ3) is 5.15. The van der Waals surface area contributed by atoms with Gasteiger partial charge in [0.2, 0.25) is 0 Å². The van der Waals surface area contributed by atoms with E-state index in [1.807, 2.05) is 30.3 Å². The molecule has 0 bridgehead atoms. The summed E-state index contributed by atoms with van der Waals surface area (Å²) in [6.45, 7) is 3.75. The molecule has 1 aromatic carbocycles. The smallest absolute Gasteiger partial charge is 0.257 e. The van der Waals surface area contributed by atoms with Gasteiger partial charge in [0.1, 0.15) is 9.84 Å². The van der Waals surface area contributed by atoms with Crippen LogP contribution in [0.25, 0.3) is 0 Å². The molecule has 7 nitrogen and oxygen atoms in total. The van der Waals surface area contributed by atoms with Gasteiger partial charge in [-0.3, -0.25) is 14.4 Å². The summed E-state index contributed by atoms with van der Waals surface area (Å²) in [5.41, 5.74) is 1.72. The molecule has 0 spiro atoms. The van der Waals surface area contributed by atoms with Crippen molar-refractivity contribution in [2.75, 3.05) is 44.7 Å². The second kappa shape index (κ2) is 8.01. The molecule has 0 aliphatic carbocycles. The van der Waals surface area contributed by atoms with Crippen LogP contribution in [0.15, 0.2) is 42.7 Å². The minimum Gasteiger partial charge on any atom is -0.336 e. The van der Waals surface area contributed by atoms with Gasteiger partial charge in [0.15, 0.2) is 0 Å². The molecular formula is C18H24N4O3S. The molecule has 1 fully saturated rings. The summed E-state index contributed by atoms with van der Waals surface area (Å²) < 4.78 is 24.3. The number of carbonyl (C=O) groups is 1. The average molecular weight is 376 g/mol. The van der Waals surface area contributed by atoms with Crippen LogP contribution in [0.4, 0.5) is 0 Å². The average Bonchev–Trinajstić information content (AvgIpc) is 3.08. The Labute approximate surface area is 154 Å². The standard InChI is InChI=1S/C18H24N4O3S/c1-26(24,25)12-11-20-7-9-21(10-8-20)18(23)17-13-19-22(15-17)14-16-5-3-2-4-6-16/h2-6,13,15H,7-12,14H2,1H3. The van der Waals surface area contributed by atoms with Gasteiger partial charge in [-0.1, -0.05) is 30.3 Å². The third-order valence-corrected chi connectivity index (χ3v) is 5.43. The molecular weight excluding hydrogens is 352 g/mol. The largest absolute Gasteiger partial charge is 0.336 e. The predicted molar refractivity (Wildman–Crippen MR) is 99.8 cm³/mol. The molecule has 1 aromatic heterocycles. The van der Waals surface area contributed by atoms with E-state index in [1.165, 1.54) is 6.26 Å². The van der Waals surface area contributed by atoms with Gasteiger partial charge in [-0.25, -0.2) is 8.42 Å². The fourth-order valence-electron chi connectivity index (χ4n) is 2.98. The number of hydrogen-bond donors (Lipinski definition) is 0. The second-order valence-corrected chi connectivity index (χ2v) is 8.94.